The Morgan fingerprint density at radius 2 is 1.61 bits per heavy atom. The standard InChI is InChI=1S/C17H15NO5/c1-22-15-4-3-5-16(23-2)17(15)14(19)11-8-12-6-9-13(10-7-12)18(20)21/h3-11H,1-2H3/b11-8+. The molecule has 0 radical (unpaired) electrons. The SMILES string of the molecule is COc1cccc(OC)c1C(=O)/C=C/c1ccc([N+](=O)[O-])cc1. The number of methoxy groups -OCH3 is 2. The molecule has 0 amide bonds. The van der Waals surface area contributed by atoms with Crippen molar-refractivity contribution in [2.45, 2.75) is 0 Å². The molecule has 0 aromatic heterocycles. The van der Waals surface area contributed by atoms with Crippen molar-refractivity contribution in [3.63, 3.8) is 0 Å². The maximum absolute atomic E-state index is 12.4. The van der Waals surface area contributed by atoms with Crippen molar-refractivity contribution in [2.75, 3.05) is 14.2 Å². The largest absolute Gasteiger partial charge is 0.496 e. The minimum Gasteiger partial charge on any atom is -0.496 e. The highest BCUT2D eigenvalue weighted by Gasteiger charge is 2.15. The van der Waals surface area contributed by atoms with Crippen LogP contribution in [0.25, 0.3) is 6.08 Å². The fraction of sp³-hybridized carbons (Fsp3) is 0.118. The quantitative estimate of drug-likeness (QED) is 0.353. The number of benzene rings is 2. The second kappa shape index (κ2) is 7.22. The van der Waals surface area contributed by atoms with Gasteiger partial charge in [0.05, 0.1) is 19.1 Å². The lowest BCUT2D eigenvalue weighted by Gasteiger charge is -2.10. The van der Waals surface area contributed by atoms with E-state index in [0.29, 0.717) is 22.6 Å². The number of hydrogen-bond donors (Lipinski definition) is 0. The lowest BCUT2D eigenvalue weighted by atomic mass is 10.1. The Kier molecular flexibility index (Phi) is 5.09. The number of carbonyl (C=O) groups excluding carboxylic acids is 1. The van der Waals surface area contributed by atoms with E-state index in [-0.39, 0.29) is 11.5 Å². The van der Waals surface area contributed by atoms with Crippen LogP contribution in [0, 0.1) is 10.1 Å². The molecule has 2 aromatic rings. The highest BCUT2D eigenvalue weighted by molar-refractivity contribution is 6.10. The van der Waals surface area contributed by atoms with Gasteiger partial charge in [-0.3, -0.25) is 14.9 Å². The normalized spacial score (nSPS) is 10.5. The first-order chi connectivity index (χ1) is 11.1. The number of allylic oxidation sites excluding steroid dienone is 1. The van der Waals surface area contributed by atoms with Crippen molar-refractivity contribution in [3.8, 4) is 11.5 Å². The molecule has 23 heavy (non-hydrogen) atoms. The van der Waals surface area contributed by atoms with Crippen LogP contribution >= 0.6 is 0 Å². The van der Waals surface area contributed by atoms with Crippen molar-refractivity contribution in [2.24, 2.45) is 0 Å². The summed E-state index contributed by atoms with van der Waals surface area (Å²) in [5.41, 5.74) is 1.01. The molecule has 6 nitrogen and oxygen atoms in total. The first-order valence-corrected chi connectivity index (χ1v) is 6.74. The molecule has 0 atom stereocenters. The maximum Gasteiger partial charge on any atom is 0.269 e. The van der Waals surface area contributed by atoms with Gasteiger partial charge in [-0.15, -0.1) is 0 Å². The van der Waals surface area contributed by atoms with Gasteiger partial charge >= 0.3 is 0 Å². The predicted molar refractivity (Wildman–Crippen MR) is 86.0 cm³/mol. The zero-order valence-electron chi connectivity index (χ0n) is 12.7. The summed E-state index contributed by atoms with van der Waals surface area (Å²) in [6.45, 7) is 0. The molecule has 0 N–H and O–H groups in total. The molecular weight excluding hydrogens is 298 g/mol. The summed E-state index contributed by atoms with van der Waals surface area (Å²) < 4.78 is 10.4. The molecule has 0 saturated heterocycles. The van der Waals surface area contributed by atoms with Crippen LogP contribution in [-0.2, 0) is 0 Å². The van der Waals surface area contributed by atoms with Crippen LogP contribution in [0.15, 0.2) is 48.5 Å². The summed E-state index contributed by atoms with van der Waals surface area (Å²) in [6.07, 6.45) is 2.96. The van der Waals surface area contributed by atoms with Crippen LogP contribution in [0.2, 0.25) is 0 Å². The molecular formula is C17H15NO5. The van der Waals surface area contributed by atoms with Crippen molar-refractivity contribution in [3.05, 3.63) is 69.8 Å². The number of nitro groups is 1. The highest BCUT2D eigenvalue weighted by atomic mass is 16.6. The van der Waals surface area contributed by atoms with Crippen LogP contribution in [0.3, 0.4) is 0 Å². The van der Waals surface area contributed by atoms with E-state index in [1.54, 1.807) is 36.4 Å². The summed E-state index contributed by atoms with van der Waals surface area (Å²) in [5.74, 6) is 0.558. The number of rotatable bonds is 6. The van der Waals surface area contributed by atoms with Crippen LogP contribution in [-0.4, -0.2) is 24.9 Å². The predicted octanol–water partition coefficient (Wildman–Crippen LogP) is 3.51. The molecule has 118 valence electrons. The Balaban J connectivity index is 2.26. The van der Waals surface area contributed by atoms with E-state index < -0.39 is 4.92 Å². The maximum atomic E-state index is 12.4. The van der Waals surface area contributed by atoms with Gasteiger partial charge in [0.25, 0.3) is 5.69 Å². The first kappa shape index (κ1) is 16.2. The van der Waals surface area contributed by atoms with Crippen LogP contribution in [0.1, 0.15) is 15.9 Å². The summed E-state index contributed by atoms with van der Waals surface area (Å²) >= 11 is 0. The summed E-state index contributed by atoms with van der Waals surface area (Å²) in [7, 11) is 2.96. The Bertz CT molecular complexity index is 728. The molecule has 0 saturated carbocycles. The Hall–Kier alpha value is -3.15. The number of carbonyl (C=O) groups is 1. The number of non-ortho nitro benzene ring substituents is 1. The van der Waals surface area contributed by atoms with Crippen molar-refractivity contribution in [1.29, 1.82) is 0 Å². The number of nitrogens with zero attached hydrogens (tertiary/aromatic N) is 1. The topological polar surface area (TPSA) is 78.7 Å². The van der Waals surface area contributed by atoms with Gasteiger partial charge in [-0.2, -0.15) is 0 Å². The fourth-order valence-corrected chi connectivity index (χ4v) is 2.06. The first-order valence-electron chi connectivity index (χ1n) is 6.74. The summed E-state index contributed by atoms with van der Waals surface area (Å²) in [4.78, 5) is 22.5. The van der Waals surface area contributed by atoms with Gasteiger partial charge in [-0.25, -0.2) is 0 Å². The van der Waals surface area contributed by atoms with E-state index in [0.717, 1.165) is 0 Å². The molecule has 2 rings (SSSR count). The van der Waals surface area contributed by atoms with Gasteiger partial charge in [-0.05, 0) is 35.9 Å². The van der Waals surface area contributed by atoms with Gasteiger partial charge in [0, 0.05) is 12.1 Å². The van der Waals surface area contributed by atoms with Crippen molar-refractivity contribution >= 4 is 17.5 Å². The van der Waals surface area contributed by atoms with Crippen molar-refractivity contribution < 1.29 is 19.2 Å². The average Bonchev–Trinajstić information content (AvgIpc) is 2.59. The third kappa shape index (κ3) is 3.74. The second-order valence-electron chi connectivity index (χ2n) is 4.58. The molecule has 0 aliphatic heterocycles. The monoisotopic (exact) mass is 313 g/mol. The Labute approximate surface area is 133 Å². The van der Waals surface area contributed by atoms with Gasteiger partial charge in [0.2, 0.25) is 0 Å². The van der Waals surface area contributed by atoms with E-state index in [1.165, 1.54) is 32.4 Å². The minimum absolute atomic E-state index is 0.000116. The third-order valence-corrected chi connectivity index (χ3v) is 3.21. The lowest BCUT2D eigenvalue weighted by Crippen LogP contribution is -2.02. The zero-order valence-corrected chi connectivity index (χ0v) is 12.7. The molecule has 0 spiro atoms. The smallest absolute Gasteiger partial charge is 0.269 e. The molecule has 6 heteroatoms. The molecule has 0 unspecified atom stereocenters. The summed E-state index contributed by atoms with van der Waals surface area (Å²) in [5, 5.41) is 10.6. The summed E-state index contributed by atoms with van der Waals surface area (Å²) in [6, 6.07) is 11.0. The van der Waals surface area contributed by atoms with Gasteiger partial charge in [0.15, 0.2) is 5.78 Å². The van der Waals surface area contributed by atoms with E-state index in [9.17, 15) is 14.9 Å². The van der Waals surface area contributed by atoms with Gasteiger partial charge in [0.1, 0.15) is 17.1 Å². The average molecular weight is 313 g/mol. The lowest BCUT2D eigenvalue weighted by molar-refractivity contribution is -0.384. The molecule has 0 aliphatic carbocycles. The van der Waals surface area contributed by atoms with Crippen LogP contribution in [0.4, 0.5) is 5.69 Å². The van der Waals surface area contributed by atoms with Crippen LogP contribution < -0.4 is 9.47 Å². The number of ketones is 1. The number of ether oxygens (including phenoxy) is 2. The van der Waals surface area contributed by atoms with E-state index >= 15 is 0 Å². The van der Waals surface area contributed by atoms with E-state index in [4.69, 9.17) is 9.47 Å². The number of nitro benzene ring substituents is 1. The Morgan fingerprint density at radius 1 is 1.04 bits per heavy atom. The van der Waals surface area contributed by atoms with E-state index in [1.807, 2.05) is 0 Å². The van der Waals surface area contributed by atoms with Gasteiger partial charge in [-0.1, -0.05) is 12.1 Å². The van der Waals surface area contributed by atoms with Crippen molar-refractivity contribution in [1.82, 2.24) is 0 Å². The minimum atomic E-state index is -0.474. The molecule has 0 heterocycles. The van der Waals surface area contributed by atoms with Crippen LogP contribution in [0.5, 0.6) is 11.5 Å². The Morgan fingerprint density at radius 3 is 2.09 bits per heavy atom. The molecule has 0 fully saturated rings. The highest BCUT2D eigenvalue weighted by Crippen LogP contribution is 2.29. The zero-order chi connectivity index (χ0) is 16.8. The molecule has 2 aromatic carbocycles. The fourth-order valence-electron chi connectivity index (χ4n) is 2.06. The number of hydrogen-bond acceptors (Lipinski definition) is 5. The van der Waals surface area contributed by atoms with Gasteiger partial charge < -0.3 is 9.47 Å². The second-order valence-corrected chi connectivity index (χ2v) is 4.58. The third-order valence-electron chi connectivity index (χ3n) is 3.21. The molecule has 0 aliphatic rings. The molecule has 0 bridgehead atoms. The van der Waals surface area contributed by atoms with E-state index in [2.05, 4.69) is 0 Å².